The minimum atomic E-state index is -0.691. The lowest BCUT2D eigenvalue weighted by atomic mass is 10.1. The van der Waals surface area contributed by atoms with Crippen LogP contribution in [0.2, 0.25) is 0 Å². The van der Waals surface area contributed by atoms with Crippen LogP contribution in [-0.4, -0.2) is 42.5 Å². The first-order valence-corrected chi connectivity index (χ1v) is 6.40. The number of aliphatic hydroxyl groups excluding tert-OH is 1. The number of nitrogens with one attached hydrogen (secondary N) is 1. The van der Waals surface area contributed by atoms with Gasteiger partial charge >= 0.3 is 0 Å². The molecule has 1 heterocycles. The molecule has 0 aromatic heterocycles. The predicted octanol–water partition coefficient (Wildman–Crippen LogP) is 0.495. The molecule has 0 spiro atoms. The molecule has 1 unspecified atom stereocenters. The van der Waals surface area contributed by atoms with Crippen molar-refractivity contribution in [1.29, 1.82) is 0 Å². The fraction of sp³-hybridized carbons (Fsp3) is 0.429. The van der Waals surface area contributed by atoms with E-state index in [0.29, 0.717) is 17.8 Å². The number of hydrogen-bond donors (Lipinski definition) is 2. The van der Waals surface area contributed by atoms with Gasteiger partial charge in [0, 0.05) is 6.54 Å². The van der Waals surface area contributed by atoms with Gasteiger partial charge in [0.05, 0.1) is 23.9 Å². The summed E-state index contributed by atoms with van der Waals surface area (Å²) in [6.45, 7) is 5.10. The smallest absolute Gasteiger partial charge is 0.299 e. The SMILES string of the molecule is CCNCC(O)CN1C(=O)C(=O)c2cc(C)ccc21. The Bertz CT molecular complexity index is 513. The number of benzene rings is 1. The van der Waals surface area contributed by atoms with Gasteiger partial charge in [-0.25, -0.2) is 0 Å². The van der Waals surface area contributed by atoms with Gasteiger partial charge in [0.1, 0.15) is 0 Å². The molecular formula is C14H18N2O3. The van der Waals surface area contributed by atoms with Crippen LogP contribution >= 0.6 is 0 Å². The molecule has 2 rings (SSSR count). The maximum Gasteiger partial charge on any atom is 0.299 e. The molecule has 19 heavy (non-hydrogen) atoms. The summed E-state index contributed by atoms with van der Waals surface area (Å²) in [7, 11) is 0. The zero-order valence-corrected chi connectivity index (χ0v) is 11.1. The summed E-state index contributed by atoms with van der Waals surface area (Å²) in [6.07, 6.45) is -0.691. The van der Waals surface area contributed by atoms with Crippen molar-refractivity contribution in [3.8, 4) is 0 Å². The first-order valence-electron chi connectivity index (χ1n) is 6.40. The Labute approximate surface area is 112 Å². The molecule has 5 nitrogen and oxygen atoms in total. The molecule has 0 saturated heterocycles. The van der Waals surface area contributed by atoms with Gasteiger partial charge in [0.2, 0.25) is 0 Å². The van der Waals surface area contributed by atoms with E-state index in [2.05, 4.69) is 5.32 Å². The molecule has 0 fully saturated rings. The number of anilines is 1. The molecule has 2 N–H and O–H groups in total. The number of rotatable bonds is 5. The number of nitrogens with zero attached hydrogens (tertiary/aromatic N) is 1. The quantitative estimate of drug-likeness (QED) is 0.758. The summed E-state index contributed by atoms with van der Waals surface area (Å²) in [4.78, 5) is 25.2. The zero-order valence-electron chi connectivity index (χ0n) is 11.1. The number of carbonyl (C=O) groups is 2. The molecule has 1 amide bonds. The van der Waals surface area contributed by atoms with E-state index in [9.17, 15) is 14.7 Å². The average molecular weight is 262 g/mol. The average Bonchev–Trinajstić information content (AvgIpc) is 2.61. The van der Waals surface area contributed by atoms with Gasteiger partial charge in [-0.2, -0.15) is 0 Å². The topological polar surface area (TPSA) is 69.6 Å². The molecule has 0 aliphatic carbocycles. The summed E-state index contributed by atoms with van der Waals surface area (Å²) in [5.74, 6) is -1.05. The van der Waals surface area contributed by atoms with Gasteiger partial charge in [-0.3, -0.25) is 9.59 Å². The molecule has 1 aliphatic heterocycles. The van der Waals surface area contributed by atoms with Crippen molar-refractivity contribution in [2.45, 2.75) is 20.0 Å². The van der Waals surface area contributed by atoms with E-state index < -0.39 is 17.8 Å². The fourth-order valence-corrected chi connectivity index (χ4v) is 2.18. The van der Waals surface area contributed by atoms with Gasteiger partial charge < -0.3 is 15.3 Å². The first-order chi connectivity index (χ1) is 9.04. The highest BCUT2D eigenvalue weighted by Gasteiger charge is 2.36. The van der Waals surface area contributed by atoms with Crippen molar-refractivity contribution in [3.05, 3.63) is 29.3 Å². The van der Waals surface area contributed by atoms with Crippen molar-refractivity contribution in [3.63, 3.8) is 0 Å². The number of likely N-dealkylation sites (N-methyl/N-ethyl adjacent to an activating group) is 1. The van der Waals surface area contributed by atoms with E-state index in [1.54, 1.807) is 12.1 Å². The Balaban J connectivity index is 2.19. The monoisotopic (exact) mass is 262 g/mol. The Morgan fingerprint density at radius 1 is 1.37 bits per heavy atom. The second-order valence-corrected chi connectivity index (χ2v) is 4.73. The Morgan fingerprint density at radius 2 is 2.11 bits per heavy atom. The van der Waals surface area contributed by atoms with E-state index in [0.717, 1.165) is 12.1 Å². The summed E-state index contributed by atoms with van der Waals surface area (Å²) in [5.41, 5.74) is 1.96. The lowest BCUT2D eigenvalue weighted by Gasteiger charge is -2.20. The van der Waals surface area contributed by atoms with Crippen molar-refractivity contribution >= 4 is 17.4 Å². The summed E-state index contributed by atoms with van der Waals surface area (Å²) >= 11 is 0. The minimum absolute atomic E-state index is 0.133. The van der Waals surface area contributed by atoms with E-state index >= 15 is 0 Å². The molecular weight excluding hydrogens is 244 g/mol. The largest absolute Gasteiger partial charge is 0.390 e. The van der Waals surface area contributed by atoms with Crippen LogP contribution in [0.4, 0.5) is 5.69 Å². The van der Waals surface area contributed by atoms with Crippen LogP contribution in [0.15, 0.2) is 18.2 Å². The van der Waals surface area contributed by atoms with E-state index in [-0.39, 0.29) is 6.54 Å². The van der Waals surface area contributed by atoms with Crippen molar-refractivity contribution in [2.75, 3.05) is 24.5 Å². The molecule has 0 bridgehead atoms. The van der Waals surface area contributed by atoms with Crippen molar-refractivity contribution < 1.29 is 14.7 Å². The van der Waals surface area contributed by atoms with Gasteiger partial charge in [-0.05, 0) is 25.6 Å². The summed E-state index contributed by atoms with van der Waals surface area (Å²) in [6, 6.07) is 5.33. The van der Waals surface area contributed by atoms with Crippen LogP contribution in [0.3, 0.4) is 0 Å². The highest BCUT2D eigenvalue weighted by atomic mass is 16.3. The van der Waals surface area contributed by atoms with Crippen molar-refractivity contribution in [1.82, 2.24) is 5.32 Å². The number of Topliss-reactive ketones (excluding diaryl/α,β-unsaturated/α-hetero) is 1. The predicted molar refractivity (Wildman–Crippen MR) is 72.4 cm³/mol. The number of ketones is 1. The molecule has 1 atom stereocenters. The third-order valence-electron chi connectivity index (χ3n) is 3.15. The molecule has 0 radical (unpaired) electrons. The summed E-state index contributed by atoms with van der Waals surface area (Å²) < 4.78 is 0. The highest BCUT2D eigenvalue weighted by Crippen LogP contribution is 2.29. The number of β-amino-alcohol motifs (C(OH)–C–C–N with tert-alkyl or cyclic N) is 1. The van der Waals surface area contributed by atoms with Gasteiger partial charge in [-0.1, -0.05) is 18.6 Å². The highest BCUT2D eigenvalue weighted by molar-refractivity contribution is 6.52. The Kier molecular flexibility index (Phi) is 3.97. The molecule has 1 aromatic carbocycles. The second-order valence-electron chi connectivity index (χ2n) is 4.73. The lowest BCUT2D eigenvalue weighted by molar-refractivity contribution is -0.114. The van der Waals surface area contributed by atoms with Crippen LogP contribution < -0.4 is 10.2 Å². The van der Waals surface area contributed by atoms with Crippen molar-refractivity contribution in [2.24, 2.45) is 0 Å². The van der Waals surface area contributed by atoms with Gasteiger partial charge in [0.15, 0.2) is 0 Å². The van der Waals surface area contributed by atoms with Crippen LogP contribution in [0.25, 0.3) is 0 Å². The second kappa shape index (κ2) is 5.50. The molecule has 102 valence electrons. The van der Waals surface area contributed by atoms with Gasteiger partial charge in [0.25, 0.3) is 11.7 Å². The molecule has 1 aliphatic rings. The number of hydrogen-bond acceptors (Lipinski definition) is 4. The van der Waals surface area contributed by atoms with Gasteiger partial charge in [-0.15, -0.1) is 0 Å². The normalized spacial score (nSPS) is 15.8. The minimum Gasteiger partial charge on any atom is -0.390 e. The molecule has 0 saturated carbocycles. The number of fused-ring (bicyclic) bond motifs is 1. The number of aliphatic hydroxyl groups is 1. The molecule has 5 heteroatoms. The maximum absolute atomic E-state index is 11.9. The Hall–Kier alpha value is -1.72. The first kappa shape index (κ1) is 13.7. The van der Waals surface area contributed by atoms with Crippen LogP contribution in [0.1, 0.15) is 22.8 Å². The van der Waals surface area contributed by atoms with E-state index in [1.807, 2.05) is 19.9 Å². The summed E-state index contributed by atoms with van der Waals surface area (Å²) in [5, 5.41) is 12.9. The number of amides is 1. The number of carbonyl (C=O) groups excluding carboxylic acids is 2. The zero-order chi connectivity index (χ0) is 14.0. The third kappa shape index (κ3) is 2.67. The van der Waals surface area contributed by atoms with E-state index in [1.165, 1.54) is 4.90 Å². The maximum atomic E-state index is 11.9. The number of aryl methyl sites for hydroxylation is 1. The lowest BCUT2D eigenvalue weighted by Crippen LogP contribution is -2.40. The van der Waals surface area contributed by atoms with Crippen LogP contribution in [0, 0.1) is 6.92 Å². The third-order valence-corrected chi connectivity index (χ3v) is 3.15. The Morgan fingerprint density at radius 3 is 2.79 bits per heavy atom. The fourth-order valence-electron chi connectivity index (χ4n) is 2.18. The van der Waals surface area contributed by atoms with Crippen LogP contribution in [-0.2, 0) is 4.79 Å². The molecule has 1 aromatic rings. The standard InChI is InChI=1S/C14H18N2O3/c1-3-15-7-10(17)8-16-12-5-4-9(2)6-11(12)13(18)14(16)19/h4-6,10,15,17H,3,7-8H2,1-2H3. The van der Waals surface area contributed by atoms with E-state index in [4.69, 9.17) is 0 Å². The van der Waals surface area contributed by atoms with Crippen LogP contribution in [0.5, 0.6) is 0 Å².